The molecular weight excluding hydrogens is 256 g/mol. The molecule has 0 aromatic carbocycles. The van der Waals surface area contributed by atoms with E-state index in [-0.39, 0.29) is 16.2 Å². The van der Waals surface area contributed by atoms with Crippen LogP contribution in [0.3, 0.4) is 0 Å². The molecule has 0 amide bonds. The number of rotatable bonds is 4. The number of carbonyl (C=O) groups excluding carboxylic acids is 1. The summed E-state index contributed by atoms with van der Waals surface area (Å²) < 4.78 is 0. The molecule has 21 heavy (non-hydrogen) atoms. The van der Waals surface area contributed by atoms with Crippen molar-refractivity contribution in [1.82, 2.24) is 0 Å². The number of fused-ring (bicyclic) bond motifs is 1. The standard InChI is InChI=1S/C20H34O/c1-15(2)16(3)19(5)13-12-18(4)10-7-8-11-20(18,6)17(19)9-14-21/h7,10,14-17H,8-9,11-13H2,1-6H3/t16-,17-,18-,19-,20-/m0/s1. The van der Waals surface area contributed by atoms with Gasteiger partial charge in [-0.15, -0.1) is 0 Å². The molecule has 0 aromatic rings. The van der Waals surface area contributed by atoms with Crippen molar-refractivity contribution in [2.45, 2.75) is 73.6 Å². The van der Waals surface area contributed by atoms with Crippen LogP contribution in [-0.2, 0) is 4.79 Å². The van der Waals surface area contributed by atoms with E-state index >= 15 is 0 Å². The molecule has 120 valence electrons. The van der Waals surface area contributed by atoms with Crippen molar-refractivity contribution in [2.24, 2.45) is 34.0 Å². The van der Waals surface area contributed by atoms with E-state index in [4.69, 9.17) is 0 Å². The van der Waals surface area contributed by atoms with Crippen molar-refractivity contribution in [3.63, 3.8) is 0 Å². The molecule has 0 heterocycles. The van der Waals surface area contributed by atoms with Crippen molar-refractivity contribution in [1.29, 1.82) is 0 Å². The van der Waals surface area contributed by atoms with Crippen LogP contribution in [0.25, 0.3) is 0 Å². The van der Waals surface area contributed by atoms with Crippen molar-refractivity contribution in [3.05, 3.63) is 12.2 Å². The zero-order valence-corrected chi connectivity index (χ0v) is 14.9. The third kappa shape index (κ3) is 2.41. The van der Waals surface area contributed by atoms with Gasteiger partial charge in [-0.3, -0.25) is 0 Å². The summed E-state index contributed by atoms with van der Waals surface area (Å²) in [4.78, 5) is 11.5. The third-order valence-electron chi connectivity index (χ3n) is 7.74. The fourth-order valence-electron chi connectivity index (χ4n) is 5.51. The maximum Gasteiger partial charge on any atom is 0.120 e. The van der Waals surface area contributed by atoms with Gasteiger partial charge in [0.1, 0.15) is 6.29 Å². The summed E-state index contributed by atoms with van der Waals surface area (Å²) in [5.41, 5.74) is 0.822. The molecule has 0 radical (unpaired) electrons. The first-order valence-corrected chi connectivity index (χ1v) is 8.82. The average molecular weight is 290 g/mol. The first-order chi connectivity index (χ1) is 9.71. The molecule has 1 heteroatoms. The summed E-state index contributed by atoms with van der Waals surface area (Å²) in [6.45, 7) is 14.5. The summed E-state index contributed by atoms with van der Waals surface area (Å²) in [5, 5.41) is 0. The third-order valence-corrected chi connectivity index (χ3v) is 7.74. The molecular formula is C20H34O. The SMILES string of the molecule is CC(C)[C@H](C)[C@]1(C)CC[C@]2(C)C=CCC[C@@]2(C)[C@H]1CC=O. The molecule has 1 fully saturated rings. The largest absolute Gasteiger partial charge is 0.303 e. The van der Waals surface area contributed by atoms with Crippen molar-refractivity contribution < 1.29 is 4.79 Å². The van der Waals surface area contributed by atoms with Crippen LogP contribution in [0, 0.1) is 34.0 Å². The van der Waals surface area contributed by atoms with E-state index in [0.29, 0.717) is 17.8 Å². The highest BCUT2D eigenvalue weighted by molar-refractivity contribution is 5.50. The van der Waals surface area contributed by atoms with Gasteiger partial charge < -0.3 is 4.79 Å². The minimum atomic E-state index is 0.263. The van der Waals surface area contributed by atoms with E-state index in [1.807, 2.05) is 0 Å². The summed E-state index contributed by atoms with van der Waals surface area (Å²) in [6, 6.07) is 0. The van der Waals surface area contributed by atoms with E-state index < -0.39 is 0 Å². The molecule has 2 aliphatic carbocycles. The first-order valence-electron chi connectivity index (χ1n) is 8.82. The Kier molecular flexibility index (Phi) is 4.44. The average Bonchev–Trinajstić information content (AvgIpc) is 2.44. The molecule has 1 saturated carbocycles. The molecule has 0 unspecified atom stereocenters. The number of carbonyl (C=O) groups is 1. The van der Waals surface area contributed by atoms with E-state index in [1.165, 1.54) is 32.0 Å². The number of allylic oxidation sites excluding steroid dienone is 2. The predicted molar refractivity (Wildman–Crippen MR) is 90.1 cm³/mol. The van der Waals surface area contributed by atoms with Crippen molar-refractivity contribution in [2.75, 3.05) is 0 Å². The highest BCUT2D eigenvalue weighted by Gasteiger charge is 2.59. The van der Waals surface area contributed by atoms with Gasteiger partial charge in [0.25, 0.3) is 0 Å². The molecule has 1 nitrogen and oxygen atoms in total. The maximum absolute atomic E-state index is 11.5. The van der Waals surface area contributed by atoms with Crippen molar-refractivity contribution in [3.8, 4) is 0 Å². The summed E-state index contributed by atoms with van der Waals surface area (Å²) in [6.07, 6.45) is 11.7. The van der Waals surface area contributed by atoms with Gasteiger partial charge in [-0.25, -0.2) is 0 Å². The van der Waals surface area contributed by atoms with Crippen LogP contribution >= 0.6 is 0 Å². The Morgan fingerprint density at radius 3 is 2.38 bits per heavy atom. The van der Waals surface area contributed by atoms with Crippen molar-refractivity contribution >= 4 is 6.29 Å². The summed E-state index contributed by atoms with van der Waals surface area (Å²) in [7, 11) is 0. The van der Waals surface area contributed by atoms with Crippen LogP contribution in [-0.4, -0.2) is 6.29 Å². The summed E-state index contributed by atoms with van der Waals surface area (Å²) in [5.74, 6) is 1.84. The van der Waals surface area contributed by atoms with E-state index in [2.05, 4.69) is 53.7 Å². The quantitative estimate of drug-likeness (QED) is 0.483. The van der Waals surface area contributed by atoms with Gasteiger partial charge in [0.15, 0.2) is 0 Å². The molecule has 0 aromatic heterocycles. The van der Waals surface area contributed by atoms with Crippen LogP contribution in [0.4, 0.5) is 0 Å². The Morgan fingerprint density at radius 1 is 1.14 bits per heavy atom. The van der Waals surface area contributed by atoms with Crippen LogP contribution < -0.4 is 0 Å². The lowest BCUT2D eigenvalue weighted by Gasteiger charge is -2.63. The van der Waals surface area contributed by atoms with Gasteiger partial charge >= 0.3 is 0 Å². The molecule has 5 atom stereocenters. The predicted octanol–water partition coefficient (Wildman–Crippen LogP) is 5.65. The van der Waals surface area contributed by atoms with Gasteiger partial charge in [-0.1, -0.05) is 53.7 Å². The Balaban J connectivity index is 2.47. The smallest absolute Gasteiger partial charge is 0.120 e. The van der Waals surface area contributed by atoms with E-state index in [0.717, 1.165) is 6.42 Å². The highest BCUT2D eigenvalue weighted by atomic mass is 16.1. The molecule has 0 spiro atoms. The lowest BCUT2D eigenvalue weighted by molar-refractivity contribution is -0.137. The van der Waals surface area contributed by atoms with Crippen LogP contribution in [0.15, 0.2) is 12.2 Å². The zero-order chi connectivity index (χ0) is 15.9. The Morgan fingerprint density at radius 2 is 1.81 bits per heavy atom. The molecule has 0 bridgehead atoms. The lowest BCUT2D eigenvalue weighted by atomic mass is 9.41. The van der Waals surface area contributed by atoms with E-state index in [1.54, 1.807) is 0 Å². The van der Waals surface area contributed by atoms with Crippen LogP contribution in [0.2, 0.25) is 0 Å². The number of aldehydes is 1. The topological polar surface area (TPSA) is 17.1 Å². The minimum Gasteiger partial charge on any atom is -0.303 e. The fourth-order valence-corrected chi connectivity index (χ4v) is 5.51. The second kappa shape index (κ2) is 5.56. The zero-order valence-electron chi connectivity index (χ0n) is 14.9. The Labute approximate surface area is 131 Å². The monoisotopic (exact) mass is 290 g/mol. The van der Waals surface area contributed by atoms with E-state index in [9.17, 15) is 4.79 Å². The van der Waals surface area contributed by atoms with Crippen LogP contribution in [0.1, 0.15) is 73.6 Å². The maximum atomic E-state index is 11.5. The Bertz CT molecular complexity index is 424. The molecule has 0 saturated heterocycles. The Hall–Kier alpha value is -0.590. The van der Waals surface area contributed by atoms with Crippen LogP contribution in [0.5, 0.6) is 0 Å². The highest BCUT2D eigenvalue weighted by Crippen LogP contribution is 2.66. The minimum absolute atomic E-state index is 0.263. The summed E-state index contributed by atoms with van der Waals surface area (Å²) >= 11 is 0. The van der Waals surface area contributed by atoms with Gasteiger partial charge in [-0.05, 0) is 59.7 Å². The second-order valence-electron chi connectivity index (χ2n) is 8.77. The lowest BCUT2D eigenvalue weighted by Crippen LogP contribution is -2.56. The first kappa shape index (κ1) is 16.8. The molecule has 2 aliphatic rings. The fraction of sp³-hybridized carbons (Fsp3) is 0.850. The molecule has 0 N–H and O–H groups in total. The molecule has 0 aliphatic heterocycles. The number of hydrogen-bond acceptors (Lipinski definition) is 1. The molecule has 2 rings (SSSR count). The van der Waals surface area contributed by atoms with Gasteiger partial charge in [0, 0.05) is 6.42 Å². The van der Waals surface area contributed by atoms with Gasteiger partial charge in [-0.2, -0.15) is 0 Å². The second-order valence-corrected chi connectivity index (χ2v) is 8.77. The van der Waals surface area contributed by atoms with Gasteiger partial charge in [0.2, 0.25) is 0 Å². The number of hydrogen-bond donors (Lipinski definition) is 0. The van der Waals surface area contributed by atoms with Gasteiger partial charge in [0.05, 0.1) is 0 Å². The normalized spacial score (nSPS) is 44.4.